The van der Waals surface area contributed by atoms with Crippen molar-refractivity contribution in [2.45, 2.75) is 6.92 Å². The third kappa shape index (κ3) is 1.93. The molecule has 0 atom stereocenters. The molecule has 0 aliphatic rings. The highest BCUT2D eigenvalue weighted by Gasteiger charge is 2.14. The molecule has 4 rings (SSSR count). The maximum absolute atomic E-state index is 12.4. The van der Waals surface area contributed by atoms with Crippen molar-refractivity contribution in [3.05, 3.63) is 52.6 Å². The van der Waals surface area contributed by atoms with Crippen molar-refractivity contribution in [1.82, 2.24) is 14.4 Å². The Hall–Kier alpha value is -3.15. The molecule has 0 aliphatic carbocycles. The average Bonchev–Trinajstić information content (AvgIpc) is 2.60. The molecule has 24 heavy (non-hydrogen) atoms. The van der Waals surface area contributed by atoms with Crippen molar-refractivity contribution in [2.24, 2.45) is 0 Å². The van der Waals surface area contributed by atoms with Gasteiger partial charge in [0, 0.05) is 11.5 Å². The number of ether oxygens (including phenoxy) is 2. The van der Waals surface area contributed by atoms with Crippen LogP contribution < -0.4 is 15.0 Å². The van der Waals surface area contributed by atoms with E-state index in [4.69, 9.17) is 9.47 Å². The topological polar surface area (TPSA) is 65.7 Å². The summed E-state index contributed by atoms with van der Waals surface area (Å²) in [4.78, 5) is 21.4. The van der Waals surface area contributed by atoms with Gasteiger partial charge in [0.25, 0.3) is 5.56 Å². The quantitative estimate of drug-likeness (QED) is 0.531. The SMILES string of the molecule is COc1cc2nc(C)n3c4ccccc4c(=O)nc3c2cc1OC. The van der Waals surface area contributed by atoms with Crippen molar-refractivity contribution >= 4 is 27.5 Å². The molecule has 2 heterocycles. The third-order valence-electron chi connectivity index (χ3n) is 4.14. The first-order valence-corrected chi connectivity index (χ1v) is 7.48. The van der Waals surface area contributed by atoms with E-state index in [1.165, 1.54) is 0 Å². The van der Waals surface area contributed by atoms with Gasteiger partial charge in [0.1, 0.15) is 5.82 Å². The monoisotopic (exact) mass is 321 g/mol. The highest BCUT2D eigenvalue weighted by Crippen LogP contribution is 2.33. The van der Waals surface area contributed by atoms with Gasteiger partial charge in [-0.25, -0.2) is 4.98 Å². The third-order valence-corrected chi connectivity index (χ3v) is 4.14. The zero-order chi connectivity index (χ0) is 16.8. The van der Waals surface area contributed by atoms with Gasteiger partial charge < -0.3 is 9.47 Å². The normalized spacial score (nSPS) is 11.3. The molecule has 0 saturated heterocycles. The zero-order valence-electron chi connectivity index (χ0n) is 13.5. The molecule has 0 radical (unpaired) electrons. The Kier molecular flexibility index (Phi) is 3.13. The van der Waals surface area contributed by atoms with Crippen LogP contribution in [0.2, 0.25) is 0 Å². The van der Waals surface area contributed by atoms with E-state index < -0.39 is 0 Å². The van der Waals surface area contributed by atoms with E-state index >= 15 is 0 Å². The molecule has 0 unspecified atom stereocenters. The lowest BCUT2D eigenvalue weighted by Crippen LogP contribution is -2.13. The maximum Gasteiger partial charge on any atom is 0.281 e. The second-order valence-corrected chi connectivity index (χ2v) is 5.48. The minimum Gasteiger partial charge on any atom is -0.493 e. The number of nitrogens with zero attached hydrogens (tertiary/aromatic N) is 3. The maximum atomic E-state index is 12.4. The number of benzene rings is 2. The Morgan fingerprint density at radius 1 is 0.958 bits per heavy atom. The fraction of sp³-hybridized carbons (Fsp3) is 0.167. The molecule has 2 aromatic heterocycles. The molecule has 0 N–H and O–H groups in total. The van der Waals surface area contributed by atoms with Crippen molar-refractivity contribution in [3.63, 3.8) is 0 Å². The number of hydrogen-bond acceptors (Lipinski definition) is 5. The fourth-order valence-electron chi connectivity index (χ4n) is 3.04. The first kappa shape index (κ1) is 14.4. The van der Waals surface area contributed by atoms with E-state index in [0.29, 0.717) is 28.0 Å². The second kappa shape index (κ2) is 5.19. The Bertz CT molecular complexity index is 1170. The first-order chi connectivity index (χ1) is 11.6. The average molecular weight is 321 g/mol. The molecular formula is C18H15N3O3. The number of para-hydroxylation sites is 1. The summed E-state index contributed by atoms with van der Waals surface area (Å²) in [6.07, 6.45) is 0. The van der Waals surface area contributed by atoms with E-state index in [1.807, 2.05) is 29.5 Å². The lowest BCUT2D eigenvalue weighted by Gasteiger charge is -2.13. The smallest absolute Gasteiger partial charge is 0.281 e. The molecule has 120 valence electrons. The summed E-state index contributed by atoms with van der Waals surface area (Å²) in [5.41, 5.74) is 1.79. The number of rotatable bonds is 2. The van der Waals surface area contributed by atoms with Crippen LogP contribution in [-0.2, 0) is 0 Å². The van der Waals surface area contributed by atoms with Crippen molar-refractivity contribution in [3.8, 4) is 11.5 Å². The molecule has 0 saturated carbocycles. The fourth-order valence-corrected chi connectivity index (χ4v) is 3.04. The van der Waals surface area contributed by atoms with E-state index in [1.54, 1.807) is 32.4 Å². The highest BCUT2D eigenvalue weighted by molar-refractivity contribution is 5.96. The van der Waals surface area contributed by atoms with Crippen LogP contribution in [0.25, 0.3) is 27.5 Å². The Balaban J connectivity index is 2.28. The van der Waals surface area contributed by atoms with Gasteiger partial charge >= 0.3 is 0 Å². The summed E-state index contributed by atoms with van der Waals surface area (Å²) in [6.45, 7) is 1.89. The number of hydrogen-bond donors (Lipinski definition) is 0. The van der Waals surface area contributed by atoms with E-state index in [-0.39, 0.29) is 5.56 Å². The van der Waals surface area contributed by atoms with Gasteiger partial charge in [0.15, 0.2) is 17.1 Å². The van der Waals surface area contributed by atoms with Crippen LogP contribution in [0.3, 0.4) is 0 Å². The second-order valence-electron chi connectivity index (χ2n) is 5.48. The van der Waals surface area contributed by atoms with Crippen molar-refractivity contribution < 1.29 is 9.47 Å². The molecule has 4 aromatic rings. The molecule has 6 heteroatoms. The van der Waals surface area contributed by atoms with Crippen LogP contribution in [0, 0.1) is 6.92 Å². The van der Waals surface area contributed by atoms with Crippen molar-refractivity contribution in [2.75, 3.05) is 14.2 Å². The van der Waals surface area contributed by atoms with E-state index in [0.717, 1.165) is 16.7 Å². The minimum absolute atomic E-state index is 0.257. The molecule has 0 spiro atoms. The summed E-state index contributed by atoms with van der Waals surface area (Å²) in [5, 5.41) is 1.31. The predicted molar refractivity (Wildman–Crippen MR) is 92.1 cm³/mol. The molecule has 0 bridgehead atoms. The van der Waals surface area contributed by atoms with Crippen LogP contribution in [0.15, 0.2) is 41.2 Å². The molecule has 0 fully saturated rings. The summed E-state index contributed by atoms with van der Waals surface area (Å²) < 4.78 is 12.6. The van der Waals surface area contributed by atoms with Gasteiger partial charge in [-0.2, -0.15) is 4.98 Å². The molecule has 0 aliphatic heterocycles. The first-order valence-electron chi connectivity index (χ1n) is 7.48. The van der Waals surface area contributed by atoms with Crippen molar-refractivity contribution in [1.29, 1.82) is 0 Å². The number of methoxy groups -OCH3 is 2. The molecule has 6 nitrogen and oxygen atoms in total. The van der Waals surface area contributed by atoms with Gasteiger partial charge in [-0.05, 0) is 25.1 Å². The van der Waals surface area contributed by atoms with Crippen LogP contribution >= 0.6 is 0 Å². The Labute approximate surface area is 137 Å². The Morgan fingerprint density at radius 2 is 1.67 bits per heavy atom. The van der Waals surface area contributed by atoms with E-state index in [9.17, 15) is 4.79 Å². The van der Waals surface area contributed by atoms with Gasteiger partial charge in [0.05, 0.1) is 30.6 Å². The van der Waals surface area contributed by atoms with Crippen LogP contribution in [0.5, 0.6) is 11.5 Å². The van der Waals surface area contributed by atoms with Gasteiger partial charge in [-0.15, -0.1) is 0 Å². The lowest BCUT2D eigenvalue weighted by molar-refractivity contribution is 0.356. The summed E-state index contributed by atoms with van der Waals surface area (Å²) in [7, 11) is 3.15. The number of aryl methyl sites for hydroxylation is 1. The summed E-state index contributed by atoms with van der Waals surface area (Å²) >= 11 is 0. The van der Waals surface area contributed by atoms with Crippen LogP contribution in [0.1, 0.15) is 5.82 Å². The largest absolute Gasteiger partial charge is 0.493 e. The standard InChI is InChI=1S/C18H15N3O3/c1-10-19-13-9-16(24-3)15(23-2)8-12(13)17-20-18(22)11-6-4-5-7-14(11)21(10)17/h4-9H,1-3H3. The molecule has 2 aromatic carbocycles. The lowest BCUT2D eigenvalue weighted by atomic mass is 10.2. The molecular weight excluding hydrogens is 306 g/mol. The minimum atomic E-state index is -0.257. The summed E-state index contributed by atoms with van der Waals surface area (Å²) in [6, 6.07) is 11.0. The molecule has 0 amide bonds. The van der Waals surface area contributed by atoms with Gasteiger partial charge in [-0.3, -0.25) is 9.20 Å². The zero-order valence-corrected chi connectivity index (χ0v) is 13.5. The highest BCUT2D eigenvalue weighted by atomic mass is 16.5. The van der Waals surface area contributed by atoms with Gasteiger partial charge in [-0.1, -0.05) is 12.1 Å². The van der Waals surface area contributed by atoms with Crippen LogP contribution in [-0.4, -0.2) is 28.6 Å². The number of fused-ring (bicyclic) bond motifs is 5. The van der Waals surface area contributed by atoms with E-state index in [2.05, 4.69) is 9.97 Å². The predicted octanol–water partition coefficient (Wildman–Crippen LogP) is 2.72. The summed E-state index contributed by atoms with van der Waals surface area (Å²) in [5.74, 6) is 1.90. The van der Waals surface area contributed by atoms with Crippen LogP contribution in [0.4, 0.5) is 0 Å². The van der Waals surface area contributed by atoms with Gasteiger partial charge in [0.2, 0.25) is 0 Å². The Morgan fingerprint density at radius 3 is 2.42 bits per heavy atom. The number of aromatic nitrogens is 3.